The molecule has 10 heteroatoms. The summed E-state index contributed by atoms with van der Waals surface area (Å²) in [7, 11) is 0. The third kappa shape index (κ3) is 10.3. The van der Waals surface area contributed by atoms with E-state index in [2.05, 4.69) is 11.5 Å². The molecule has 1 heterocycles. The number of ether oxygens (including phenoxy) is 4. The maximum Gasteiger partial charge on any atom is 0.280 e. The Morgan fingerprint density at radius 2 is 0.857 bits per heavy atom. The minimum atomic E-state index is -0.309. The zero-order chi connectivity index (χ0) is 20.8. The molecule has 164 valence electrons. The number of hydrogen-bond donors (Lipinski definition) is 2. The van der Waals surface area contributed by atoms with Gasteiger partial charge in [-0.05, 0) is 13.8 Å². The Bertz CT molecular complexity index is 390. The highest BCUT2D eigenvalue weighted by Gasteiger charge is 2.21. The average Bonchev–Trinajstić information content (AvgIpc) is 2.66. The van der Waals surface area contributed by atoms with Gasteiger partial charge in [0.05, 0.1) is 52.9 Å². The van der Waals surface area contributed by atoms with E-state index in [1.165, 1.54) is 0 Å². The van der Waals surface area contributed by atoms with Crippen molar-refractivity contribution in [3.05, 3.63) is 0 Å². The number of hydrogen-bond acceptors (Lipinski definition) is 6. The molecule has 0 aromatic rings. The zero-order valence-corrected chi connectivity index (χ0v) is 17.4. The van der Waals surface area contributed by atoms with Crippen LogP contribution in [0.25, 0.3) is 0 Å². The fraction of sp³-hybridized carbons (Fsp3) is 0.889. The number of carbonyl (C=O) groups is 2. The minimum absolute atomic E-state index is 0.0153. The molecule has 10 nitrogen and oxygen atoms in total. The van der Waals surface area contributed by atoms with Gasteiger partial charge >= 0.3 is 0 Å². The first kappa shape index (κ1) is 24.7. The van der Waals surface area contributed by atoms with Crippen molar-refractivity contribution in [1.82, 2.24) is 9.80 Å². The normalized spacial score (nSPS) is 22.0. The van der Waals surface area contributed by atoms with Gasteiger partial charge in [-0.3, -0.25) is 9.59 Å². The van der Waals surface area contributed by atoms with Crippen LogP contribution in [-0.4, -0.2) is 113 Å². The van der Waals surface area contributed by atoms with Crippen molar-refractivity contribution in [1.29, 1.82) is 0 Å². The van der Waals surface area contributed by atoms with Crippen LogP contribution < -0.4 is 11.5 Å². The highest BCUT2D eigenvalue weighted by molar-refractivity contribution is 5.80. The second kappa shape index (κ2) is 14.7. The Balaban J connectivity index is 2.50. The second-order valence-corrected chi connectivity index (χ2v) is 6.90. The summed E-state index contributed by atoms with van der Waals surface area (Å²) in [6.07, 6.45) is 0. The molecule has 0 aromatic carbocycles. The standard InChI is InChI=1S/C18H36N4O6/c1-15(19)17(23)21-3-7-25-11-13-27-9-5-22(18(24)16(2)20)6-10-28-14-12-26-8-4-21/h15-16H,3-14,19-20H2,1-2H3/p+2/t15-,16-/m0/s1. The molecule has 1 aliphatic heterocycles. The van der Waals surface area contributed by atoms with Crippen molar-refractivity contribution in [3.8, 4) is 0 Å². The number of rotatable bonds is 2. The van der Waals surface area contributed by atoms with Crippen LogP contribution in [0, 0.1) is 0 Å². The van der Waals surface area contributed by atoms with E-state index in [1.54, 1.807) is 23.6 Å². The van der Waals surface area contributed by atoms with E-state index >= 15 is 0 Å². The maximum atomic E-state index is 12.2. The molecule has 28 heavy (non-hydrogen) atoms. The van der Waals surface area contributed by atoms with Crippen molar-refractivity contribution in [3.63, 3.8) is 0 Å². The lowest BCUT2D eigenvalue weighted by molar-refractivity contribution is -0.400. The molecule has 2 atom stereocenters. The molecule has 1 fully saturated rings. The van der Waals surface area contributed by atoms with Crippen LogP contribution in [0.1, 0.15) is 13.8 Å². The molecule has 1 rings (SSSR count). The first-order valence-electron chi connectivity index (χ1n) is 9.98. The summed E-state index contributed by atoms with van der Waals surface area (Å²) in [5, 5.41) is 0. The Hall–Kier alpha value is -1.30. The van der Waals surface area contributed by atoms with E-state index in [1.807, 2.05) is 0 Å². The van der Waals surface area contributed by atoms with Crippen LogP contribution in [0.5, 0.6) is 0 Å². The van der Waals surface area contributed by atoms with Crippen molar-refractivity contribution in [2.24, 2.45) is 0 Å². The quantitative estimate of drug-likeness (QED) is 0.502. The lowest BCUT2D eigenvalue weighted by atomic mass is 10.3. The fourth-order valence-electron chi connectivity index (χ4n) is 2.63. The molecule has 6 N–H and O–H groups in total. The van der Waals surface area contributed by atoms with Crippen LogP contribution in [-0.2, 0) is 28.5 Å². The van der Waals surface area contributed by atoms with Gasteiger partial charge < -0.3 is 40.2 Å². The summed E-state index contributed by atoms with van der Waals surface area (Å²) in [6.45, 7) is 8.94. The molecule has 0 unspecified atom stereocenters. The van der Waals surface area contributed by atoms with Crippen molar-refractivity contribution in [2.75, 3.05) is 79.0 Å². The Labute approximate surface area is 167 Å². The predicted octanol–water partition coefficient (Wildman–Crippen LogP) is -3.02. The summed E-state index contributed by atoms with van der Waals surface area (Å²) in [5.41, 5.74) is 7.59. The summed E-state index contributed by atoms with van der Waals surface area (Å²) in [6, 6.07) is -0.618. The molecule has 0 aromatic heterocycles. The molecule has 0 bridgehead atoms. The number of amides is 2. The molecule has 0 aliphatic carbocycles. The Kier molecular flexibility index (Phi) is 13.0. The van der Waals surface area contributed by atoms with Gasteiger partial charge in [0.25, 0.3) is 11.8 Å². The highest BCUT2D eigenvalue weighted by Crippen LogP contribution is 1.97. The molecule has 0 spiro atoms. The van der Waals surface area contributed by atoms with Crippen LogP contribution in [0.2, 0.25) is 0 Å². The van der Waals surface area contributed by atoms with E-state index in [0.717, 1.165) is 0 Å². The fourth-order valence-corrected chi connectivity index (χ4v) is 2.63. The molecule has 1 saturated heterocycles. The van der Waals surface area contributed by atoms with Gasteiger partial charge in [0.1, 0.15) is 0 Å². The number of quaternary nitrogens is 2. The van der Waals surface area contributed by atoms with E-state index < -0.39 is 0 Å². The topological polar surface area (TPSA) is 133 Å². The van der Waals surface area contributed by atoms with Crippen molar-refractivity contribution in [2.45, 2.75) is 25.9 Å². The van der Waals surface area contributed by atoms with Crippen LogP contribution in [0.4, 0.5) is 0 Å². The summed E-state index contributed by atoms with van der Waals surface area (Å²) in [5.74, 6) is -0.0305. The number of nitrogens with zero attached hydrogens (tertiary/aromatic N) is 2. The minimum Gasteiger partial charge on any atom is -0.377 e. The monoisotopic (exact) mass is 406 g/mol. The molecule has 0 radical (unpaired) electrons. The third-order valence-corrected chi connectivity index (χ3v) is 4.23. The lowest BCUT2D eigenvalue weighted by Gasteiger charge is -2.24. The zero-order valence-electron chi connectivity index (χ0n) is 17.4. The molecule has 0 saturated carbocycles. The molecular weight excluding hydrogens is 368 g/mol. The Morgan fingerprint density at radius 3 is 1.07 bits per heavy atom. The Morgan fingerprint density at radius 1 is 0.607 bits per heavy atom. The summed E-state index contributed by atoms with van der Waals surface area (Å²) in [4.78, 5) is 27.9. The highest BCUT2D eigenvalue weighted by atomic mass is 16.5. The van der Waals surface area contributed by atoms with Crippen LogP contribution in [0.15, 0.2) is 0 Å². The number of carbonyl (C=O) groups excluding carboxylic acids is 2. The van der Waals surface area contributed by atoms with E-state index in [4.69, 9.17) is 18.9 Å². The van der Waals surface area contributed by atoms with Crippen LogP contribution in [0.3, 0.4) is 0 Å². The molecule has 1 aliphatic rings. The lowest BCUT2D eigenvalue weighted by Crippen LogP contribution is -2.66. The van der Waals surface area contributed by atoms with Gasteiger partial charge in [-0.1, -0.05) is 0 Å². The average molecular weight is 407 g/mol. The van der Waals surface area contributed by atoms with Gasteiger partial charge in [-0.15, -0.1) is 0 Å². The maximum absolute atomic E-state index is 12.2. The summed E-state index contributed by atoms with van der Waals surface area (Å²) >= 11 is 0. The largest absolute Gasteiger partial charge is 0.377 e. The van der Waals surface area contributed by atoms with Gasteiger partial charge in [0, 0.05) is 26.2 Å². The van der Waals surface area contributed by atoms with Crippen molar-refractivity contribution >= 4 is 11.8 Å². The second-order valence-electron chi connectivity index (χ2n) is 6.90. The van der Waals surface area contributed by atoms with Gasteiger partial charge in [-0.25, -0.2) is 0 Å². The van der Waals surface area contributed by atoms with Crippen LogP contribution >= 0.6 is 0 Å². The molecule has 2 amide bonds. The van der Waals surface area contributed by atoms with Crippen molar-refractivity contribution < 1.29 is 40.0 Å². The first-order chi connectivity index (χ1) is 13.4. The van der Waals surface area contributed by atoms with Gasteiger partial charge in [0.2, 0.25) is 0 Å². The van der Waals surface area contributed by atoms with E-state index in [9.17, 15) is 9.59 Å². The summed E-state index contributed by atoms with van der Waals surface area (Å²) < 4.78 is 22.2. The SMILES string of the molecule is C[C@H]([NH3+])C(=O)N1CCOCCOCCN(C(=O)[C@H](C)[NH3+])CCOCCOCC1. The first-order valence-corrected chi connectivity index (χ1v) is 9.98. The van der Waals surface area contributed by atoms with E-state index in [0.29, 0.717) is 79.0 Å². The van der Waals surface area contributed by atoms with Gasteiger partial charge in [0.15, 0.2) is 12.1 Å². The third-order valence-electron chi connectivity index (χ3n) is 4.23. The molecular formula is C18H38N4O6+2. The van der Waals surface area contributed by atoms with E-state index in [-0.39, 0.29) is 23.9 Å². The predicted molar refractivity (Wildman–Crippen MR) is 101 cm³/mol. The smallest absolute Gasteiger partial charge is 0.280 e. The van der Waals surface area contributed by atoms with Gasteiger partial charge in [-0.2, -0.15) is 0 Å².